The van der Waals surface area contributed by atoms with Crippen molar-refractivity contribution in [3.05, 3.63) is 77.6 Å². The quantitative estimate of drug-likeness (QED) is 0.450. The number of aliphatic hydroxyl groups excluding tert-OH is 1. The predicted molar refractivity (Wildman–Crippen MR) is 137 cm³/mol. The first-order valence-corrected chi connectivity index (χ1v) is 11.9. The summed E-state index contributed by atoms with van der Waals surface area (Å²) in [5.74, 6) is -1.21. The Hall–Kier alpha value is -3.33. The summed E-state index contributed by atoms with van der Waals surface area (Å²) in [5.41, 5.74) is 1.26. The molecule has 2 heterocycles. The molecule has 1 fully saturated rings. The number of nitrogens with zero attached hydrogens (tertiary/aromatic N) is 3. The Labute approximate surface area is 212 Å². The van der Waals surface area contributed by atoms with E-state index in [1.165, 1.54) is 24.3 Å². The Morgan fingerprint density at radius 1 is 0.972 bits per heavy atom. The lowest BCUT2D eigenvalue weighted by molar-refractivity contribution is 0.0729. The van der Waals surface area contributed by atoms with Crippen LogP contribution in [0.2, 0.25) is 5.02 Å². The summed E-state index contributed by atoms with van der Waals surface area (Å²) >= 11 is 6.51. The summed E-state index contributed by atoms with van der Waals surface area (Å²) in [6.45, 7) is 2.46. The molecule has 188 valence electrons. The van der Waals surface area contributed by atoms with E-state index in [0.29, 0.717) is 34.8 Å². The zero-order valence-electron chi connectivity index (χ0n) is 19.8. The van der Waals surface area contributed by atoms with Gasteiger partial charge in [0.05, 0.1) is 22.0 Å². The van der Waals surface area contributed by atoms with Crippen molar-refractivity contribution < 1.29 is 24.1 Å². The summed E-state index contributed by atoms with van der Waals surface area (Å²) in [6.07, 6.45) is 2.99. The van der Waals surface area contributed by atoms with Gasteiger partial charge in [-0.05, 0) is 60.9 Å². The number of anilines is 2. The molecule has 3 N–H and O–H groups in total. The Balaban J connectivity index is 1.53. The molecule has 0 saturated carbocycles. The molecule has 5 rings (SSSR count). The molecule has 1 saturated heterocycles. The van der Waals surface area contributed by atoms with E-state index in [4.69, 9.17) is 11.6 Å². The van der Waals surface area contributed by atoms with E-state index < -0.39 is 23.6 Å². The zero-order chi connectivity index (χ0) is 25.8. The van der Waals surface area contributed by atoms with Crippen LogP contribution in [0, 0.1) is 11.6 Å². The van der Waals surface area contributed by atoms with Crippen LogP contribution in [0.25, 0.3) is 22.3 Å². The minimum absolute atomic E-state index is 0.174. The minimum atomic E-state index is -0.918. The van der Waals surface area contributed by atoms with E-state index in [9.17, 15) is 24.1 Å². The molecule has 2 atom stereocenters. The third-order valence-corrected chi connectivity index (χ3v) is 7.04. The van der Waals surface area contributed by atoms with Gasteiger partial charge in [-0.3, -0.25) is 0 Å². The lowest BCUT2D eigenvalue weighted by Gasteiger charge is -2.26. The zero-order valence-corrected chi connectivity index (χ0v) is 20.5. The van der Waals surface area contributed by atoms with Crippen molar-refractivity contribution in [2.24, 2.45) is 0 Å². The topological polar surface area (TPSA) is 70.4 Å². The van der Waals surface area contributed by atoms with E-state index in [0.717, 1.165) is 0 Å². The van der Waals surface area contributed by atoms with Gasteiger partial charge in [-0.15, -0.1) is 0 Å². The van der Waals surface area contributed by atoms with Crippen LogP contribution >= 0.6 is 11.6 Å². The molecule has 0 amide bonds. The van der Waals surface area contributed by atoms with E-state index >= 15 is 0 Å². The second-order valence-electron chi connectivity index (χ2n) is 9.57. The lowest BCUT2D eigenvalue weighted by Crippen LogP contribution is -2.36. The van der Waals surface area contributed by atoms with Crippen molar-refractivity contribution >= 4 is 23.0 Å². The second-order valence-corrected chi connectivity index (χ2v) is 9.97. The summed E-state index contributed by atoms with van der Waals surface area (Å²) in [6, 6.07) is 11.7. The van der Waals surface area contributed by atoms with Gasteiger partial charge in [0.25, 0.3) is 0 Å². The average Bonchev–Trinajstić information content (AvgIpc) is 3.36. The fraction of sp³-hybridized carbons (Fsp3) is 0.259. The van der Waals surface area contributed by atoms with Crippen molar-refractivity contribution in [1.29, 1.82) is 0 Å². The van der Waals surface area contributed by atoms with Crippen LogP contribution in [0.4, 0.5) is 20.2 Å². The van der Waals surface area contributed by atoms with Crippen LogP contribution < -0.4 is 9.80 Å². The molecule has 3 aromatic carbocycles. The van der Waals surface area contributed by atoms with Gasteiger partial charge < -0.3 is 30.0 Å². The first-order valence-electron chi connectivity index (χ1n) is 11.5. The van der Waals surface area contributed by atoms with Gasteiger partial charge in [0.15, 0.2) is 0 Å². The fourth-order valence-electron chi connectivity index (χ4n) is 4.73. The van der Waals surface area contributed by atoms with Crippen LogP contribution in [-0.2, 0) is 0 Å². The lowest BCUT2D eigenvalue weighted by atomic mass is 9.96. The number of hydrogen-bond donors (Lipinski definition) is 3. The van der Waals surface area contributed by atoms with Crippen LogP contribution in [0.3, 0.4) is 0 Å². The van der Waals surface area contributed by atoms with E-state index in [2.05, 4.69) is 0 Å². The molecule has 9 heteroatoms. The molecule has 2 aliphatic heterocycles. The average molecular weight is 514 g/mol. The van der Waals surface area contributed by atoms with Gasteiger partial charge in [0.1, 0.15) is 17.4 Å². The summed E-state index contributed by atoms with van der Waals surface area (Å²) in [7, 11) is 1.72. The SMILES string of the molecule is CN1C=CN(c2ccc(-c3cc(F)cc(-c4ccc(F)c(N5CC[C@@](C)(O)C5)c4)c3O)cc2Cl)C1O. The maximum atomic E-state index is 14.8. The largest absolute Gasteiger partial charge is 0.507 e. The Bertz CT molecular complexity index is 1360. The Morgan fingerprint density at radius 2 is 1.64 bits per heavy atom. The number of rotatable bonds is 4. The van der Waals surface area contributed by atoms with Crippen molar-refractivity contribution in [3.8, 4) is 28.0 Å². The van der Waals surface area contributed by atoms with Gasteiger partial charge in [0.2, 0.25) is 6.35 Å². The normalized spacial score (nSPS) is 21.6. The van der Waals surface area contributed by atoms with E-state index in [-0.39, 0.29) is 29.1 Å². The first kappa shape index (κ1) is 24.4. The third-order valence-electron chi connectivity index (χ3n) is 6.74. The number of aliphatic hydroxyl groups is 2. The van der Waals surface area contributed by atoms with E-state index in [1.807, 2.05) is 0 Å². The van der Waals surface area contributed by atoms with Crippen molar-refractivity contribution in [1.82, 2.24) is 4.90 Å². The van der Waals surface area contributed by atoms with Crippen LogP contribution in [-0.4, -0.2) is 52.3 Å². The Morgan fingerprint density at radius 3 is 2.22 bits per heavy atom. The number of phenolic OH excluding ortho intramolecular Hbond substituents is 1. The van der Waals surface area contributed by atoms with Crippen LogP contribution in [0.1, 0.15) is 13.3 Å². The monoisotopic (exact) mass is 513 g/mol. The van der Waals surface area contributed by atoms with Crippen molar-refractivity contribution in [2.75, 3.05) is 29.9 Å². The van der Waals surface area contributed by atoms with E-state index in [1.54, 1.807) is 65.3 Å². The molecule has 2 aliphatic rings. The predicted octanol–water partition coefficient (Wildman–Crippen LogP) is 5.12. The smallest absolute Gasteiger partial charge is 0.211 e. The summed E-state index contributed by atoms with van der Waals surface area (Å²) < 4.78 is 29.4. The minimum Gasteiger partial charge on any atom is -0.507 e. The van der Waals surface area contributed by atoms with Gasteiger partial charge in [-0.2, -0.15) is 0 Å². The van der Waals surface area contributed by atoms with Crippen LogP contribution in [0.5, 0.6) is 5.75 Å². The maximum absolute atomic E-state index is 14.8. The number of aromatic hydroxyl groups is 1. The molecule has 1 unspecified atom stereocenters. The van der Waals surface area contributed by atoms with Gasteiger partial charge in [-0.25, -0.2) is 8.78 Å². The highest BCUT2D eigenvalue weighted by Gasteiger charge is 2.33. The second kappa shape index (κ2) is 8.96. The molecule has 0 spiro atoms. The van der Waals surface area contributed by atoms with Gasteiger partial charge in [0, 0.05) is 43.7 Å². The molecule has 0 aromatic heterocycles. The molecule has 0 aliphatic carbocycles. The summed E-state index contributed by atoms with van der Waals surface area (Å²) in [4.78, 5) is 4.93. The number of phenols is 1. The molecular formula is C27H26ClF2N3O3. The highest BCUT2D eigenvalue weighted by molar-refractivity contribution is 6.33. The standard InChI is InChI=1S/C27H26ClF2N3O3/c1-27(36)7-8-32(15-27)24-12-17(3-5-22(24)30)20-14-18(29)13-19(25(20)34)16-4-6-23(21(28)11-16)33-10-9-31(2)26(33)35/h3-6,9-14,26,34-36H,7-8,15H2,1-2H3/t26?,27-/m1/s1. The molecule has 0 bridgehead atoms. The van der Waals surface area contributed by atoms with Gasteiger partial charge >= 0.3 is 0 Å². The fourth-order valence-corrected chi connectivity index (χ4v) is 5.01. The number of hydrogen-bond acceptors (Lipinski definition) is 6. The number of benzene rings is 3. The third kappa shape index (κ3) is 4.36. The van der Waals surface area contributed by atoms with Crippen LogP contribution in [0.15, 0.2) is 60.9 Å². The van der Waals surface area contributed by atoms with Crippen molar-refractivity contribution in [3.63, 3.8) is 0 Å². The number of β-amino-alcohol motifs (C(OH)–C–C–N with tert-alkyl or cyclic N) is 1. The Kier molecular flexibility index (Phi) is 6.06. The highest BCUT2D eigenvalue weighted by Crippen LogP contribution is 2.43. The first-order chi connectivity index (χ1) is 17.0. The molecule has 36 heavy (non-hydrogen) atoms. The number of halogens is 3. The maximum Gasteiger partial charge on any atom is 0.211 e. The molecule has 3 aromatic rings. The highest BCUT2D eigenvalue weighted by atomic mass is 35.5. The van der Waals surface area contributed by atoms with Crippen molar-refractivity contribution in [2.45, 2.75) is 25.3 Å². The molecule has 6 nitrogen and oxygen atoms in total. The molecular weight excluding hydrogens is 488 g/mol. The molecule has 0 radical (unpaired) electrons. The van der Waals surface area contributed by atoms with Gasteiger partial charge in [-0.1, -0.05) is 23.7 Å². The summed E-state index contributed by atoms with van der Waals surface area (Å²) in [5, 5.41) is 32.1.